The molecule has 1 amide bonds. The Balaban J connectivity index is 3.43. The molecule has 0 aromatic heterocycles. The molecule has 0 saturated carbocycles. The van der Waals surface area contributed by atoms with Crippen LogP contribution in [0.25, 0.3) is 0 Å². The van der Waals surface area contributed by atoms with Gasteiger partial charge in [0.25, 0.3) is 5.91 Å². The van der Waals surface area contributed by atoms with Crippen LogP contribution in [0.15, 0.2) is 12.1 Å². The van der Waals surface area contributed by atoms with Gasteiger partial charge >= 0.3 is 0 Å². The van der Waals surface area contributed by atoms with Gasteiger partial charge in [-0.1, -0.05) is 0 Å². The zero-order chi connectivity index (χ0) is 9.30. The van der Waals surface area contributed by atoms with Crippen LogP contribution in [0.3, 0.4) is 0 Å². The number of carbonyl (C=O) groups is 1. The smallest absolute Gasteiger partial charge is 0.252 e. The average molecular weight is 280 g/mol. The fourth-order valence-corrected chi connectivity index (χ4v) is 1.50. The molecular formula is C7H6FIN2O. The summed E-state index contributed by atoms with van der Waals surface area (Å²) in [6.45, 7) is 0. The number of primary amides is 1. The predicted octanol–water partition coefficient (Wildman–Crippen LogP) is 1.11. The van der Waals surface area contributed by atoms with Gasteiger partial charge in [-0.05, 0) is 34.7 Å². The summed E-state index contributed by atoms with van der Waals surface area (Å²) in [4.78, 5) is 10.7. The first kappa shape index (κ1) is 9.24. The standard InChI is InChI=1S/C7H6FIN2O/c8-3-1-2-4(10)6(9)5(3)7(11)12/h1-2H,10H2,(H2,11,12). The largest absolute Gasteiger partial charge is 0.398 e. The molecule has 0 radical (unpaired) electrons. The van der Waals surface area contributed by atoms with Crippen molar-refractivity contribution in [3.63, 3.8) is 0 Å². The molecule has 64 valence electrons. The summed E-state index contributed by atoms with van der Waals surface area (Å²) in [6.07, 6.45) is 0. The first-order valence-electron chi connectivity index (χ1n) is 3.07. The Hall–Kier alpha value is -0.850. The molecule has 0 aliphatic rings. The zero-order valence-electron chi connectivity index (χ0n) is 5.97. The molecule has 12 heavy (non-hydrogen) atoms. The van der Waals surface area contributed by atoms with E-state index in [1.54, 1.807) is 22.6 Å². The van der Waals surface area contributed by atoms with Crippen molar-refractivity contribution in [2.24, 2.45) is 5.73 Å². The van der Waals surface area contributed by atoms with Crippen LogP contribution < -0.4 is 11.5 Å². The summed E-state index contributed by atoms with van der Waals surface area (Å²) < 4.78 is 13.3. The first-order valence-corrected chi connectivity index (χ1v) is 4.15. The van der Waals surface area contributed by atoms with Gasteiger partial charge in [0.2, 0.25) is 0 Å². The topological polar surface area (TPSA) is 69.1 Å². The van der Waals surface area contributed by atoms with Gasteiger partial charge in [-0.2, -0.15) is 0 Å². The maximum atomic E-state index is 12.9. The van der Waals surface area contributed by atoms with E-state index in [-0.39, 0.29) is 5.56 Å². The van der Waals surface area contributed by atoms with Crippen molar-refractivity contribution in [2.75, 3.05) is 5.73 Å². The number of amides is 1. The molecule has 3 nitrogen and oxygen atoms in total. The lowest BCUT2D eigenvalue weighted by molar-refractivity contribution is 0.0995. The number of benzene rings is 1. The molecule has 0 atom stereocenters. The summed E-state index contributed by atoms with van der Waals surface area (Å²) >= 11 is 1.78. The Morgan fingerprint density at radius 2 is 2.08 bits per heavy atom. The fourth-order valence-electron chi connectivity index (χ4n) is 0.794. The molecule has 5 heteroatoms. The van der Waals surface area contributed by atoms with Gasteiger partial charge in [0.1, 0.15) is 5.82 Å². The Bertz CT molecular complexity index is 340. The third-order valence-corrected chi connectivity index (χ3v) is 2.53. The van der Waals surface area contributed by atoms with E-state index < -0.39 is 11.7 Å². The van der Waals surface area contributed by atoms with Crippen LogP contribution in [-0.4, -0.2) is 5.91 Å². The highest BCUT2D eigenvalue weighted by Crippen LogP contribution is 2.21. The van der Waals surface area contributed by atoms with E-state index in [9.17, 15) is 9.18 Å². The van der Waals surface area contributed by atoms with Crippen molar-refractivity contribution in [2.45, 2.75) is 0 Å². The van der Waals surface area contributed by atoms with Crippen LogP contribution in [0.5, 0.6) is 0 Å². The van der Waals surface area contributed by atoms with E-state index in [2.05, 4.69) is 0 Å². The predicted molar refractivity (Wildman–Crippen MR) is 52.0 cm³/mol. The number of anilines is 1. The number of halogens is 2. The zero-order valence-corrected chi connectivity index (χ0v) is 8.13. The molecule has 0 aliphatic carbocycles. The number of nitrogen functional groups attached to an aromatic ring is 1. The van der Waals surface area contributed by atoms with Crippen LogP contribution in [-0.2, 0) is 0 Å². The van der Waals surface area contributed by atoms with E-state index in [4.69, 9.17) is 11.5 Å². The van der Waals surface area contributed by atoms with E-state index >= 15 is 0 Å². The van der Waals surface area contributed by atoms with Crippen LogP contribution in [0, 0.1) is 9.39 Å². The van der Waals surface area contributed by atoms with Crippen molar-refractivity contribution in [1.29, 1.82) is 0 Å². The first-order chi connectivity index (χ1) is 5.54. The van der Waals surface area contributed by atoms with E-state index in [0.717, 1.165) is 6.07 Å². The number of carbonyl (C=O) groups excluding carboxylic acids is 1. The van der Waals surface area contributed by atoms with Crippen molar-refractivity contribution in [3.8, 4) is 0 Å². The Labute approximate surface area is 82.1 Å². The third kappa shape index (κ3) is 1.50. The second kappa shape index (κ2) is 3.26. The van der Waals surface area contributed by atoms with E-state index in [1.807, 2.05) is 0 Å². The lowest BCUT2D eigenvalue weighted by atomic mass is 10.2. The Morgan fingerprint density at radius 3 is 2.50 bits per heavy atom. The molecule has 0 saturated heterocycles. The SMILES string of the molecule is NC(=O)c1c(F)ccc(N)c1I. The normalized spacial score (nSPS) is 9.83. The van der Waals surface area contributed by atoms with Crippen molar-refractivity contribution < 1.29 is 9.18 Å². The van der Waals surface area contributed by atoms with Gasteiger partial charge in [-0.25, -0.2) is 4.39 Å². The molecular weight excluding hydrogens is 274 g/mol. The Morgan fingerprint density at radius 1 is 1.50 bits per heavy atom. The summed E-state index contributed by atoms with van der Waals surface area (Å²) in [5.74, 6) is -1.44. The van der Waals surface area contributed by atoms with Crippen molar-refractivity contribution in [3.05, 3.63) is 27.1 Å². The van der Waals surface area contributed by atoms with Crippen LogP contribution in [0.1, 0.15) is 10.4 Å². The maximum Gasteiger partial charge on any atom is 0.252 e. The molecule has 0 aliphatic heterocycles. The lowest BCUT2D eigenvalue weighted by Crippen LogP contribution is -2.16. The van der Waals surface area contributed by atoms with E-state index in [0.29, 0.717) is 9.26 Å². The number of hydrogen-bond donors (Lipinski definition) is 2. The molecule has 0 fully saturated rings. The van der Waals surface area contributed by atoms with Crippen LogP contribution in [0.2, 0.25) is 0 Å². The molecule has 1 rings (SSSR count). The van der Waals surface area contributed by atoms with Gasteiger partial charge in [-0.15, -0.1) is 0 Å². The lowest BCUT2D eigenvalue weighted by Gasteiger charge is -2.03. The molecule has 1 aromatic carbocycles. The maximum absolute atomic E-state index is 12.9. The molecule has 1 aromatic rings. The second-order valence-corrected chi connectivity index (χ2v) is 3.27. The minimum absolute atomic E-state index is 0.143. The van der Waals surface area contributed by atoms with Gasteiger partial charge in [0, 0.05) is 5.69 Å². The molecule has 0 unspecified atom stereocenters. The highest BCUT2D eigenvalue weighted by atomic mass is 127. The monoisotopic (exact) mass is 280 g/mol. The summed E-state index contributed by atoms with van der Waals surface area (Å²) in [5.41, 5.74) is 10.6. The number of hydrogen-bond acceptors (Lipinski definition) is 2. The highest BCUT2D eigenvalue weighted by Gasteiger charge is 2.14. The fraction of sp³-hybridized carbons (Fsp3) is 0. The van der Waals surface area contributed by atoms with E-state index in [1.165, 1.54) is 6.07 Å². The molecule has 0 spiro atoms. The summed E-state index contributed by atoms with van der Waals surface area (Å²) in [6, 6.07) is 2.52. The van der Waals surface area contributed by atoms with Gasteiger partial charge in [-0.3, -0.25) is 4.79 Å². The Kier molecular flexibility index (Phi) is 2.51. The van der Waals surface area contributed by atoms with Crippen molar-refractivity contribution in [1.82, 2.24) is 0 Å². The van der Waals surface area contributed by atoms with Crippen LogP contribution in [0.4, 0.5) is 10.1 Å². The number of rotatable bonds is 1. The van der Waals surface area contributed by atoms with Gasteiger partial charge in [0.05, 0.1) is 9.13 Å². The van der Waals surface area contributed by atoms with Gasteiger partial charge < -0.3 is 11.5 Å². The van der Waals surface area contributed by atoms with Crippen LogP contribution >= 0.6 is 22.6 Å². The minimum atomic E-state index is -0.802. The minimum Gasteiger partial charge on any atom is -0.398 e. The average Bonchev–Trinajstić information content (AvgIpc) is 1.97. The molecule has 0 bridgehead atoms. The summed E-state index contributed by atoms with van der Waals surface area (Å²) in [7, 11) is 0. The molecule has 4 N–H and O–H groups in total. The highest BCUT2D eigenvalue weighted by molar-refractivity contribution is 14.1. The quantitative estimate of drug-likeness (QED) is 0.597. The molecule has 0 heterocycles. The second-order valence-electron chi connectivity index (χ2n) is 2.19. The third-order valence-electron chi connectivity index (χ3n) is 1.37. The van der Waals surface area contributed by atoms with Gasteiger partial charge in [0.15, 0.2) is 0 Å². The summed E-state index contributed by atoms with van der Waals surface area (Å²) in [5, 5.41) is 0. The van der Waals surface area contributed by atoms with Crippen molar-refractivity contribution >= 4 is 34.2 Å². The number of nitrogens with two attached hydrogens (primary N) is 2.